The van der Waals surface area contributed by atoms with Crippen molar-refractivity contribution in [2.45, 2.75) is 31.2 Å². The van der Waals surface area contributed by atoms with Crippen LogP contribution in [-0.4, -0.2) is 28.8 Å². The van der Waals surface area contributed by atoms with Gasteiger partial charge >= 0.3 is 0 Å². The molecule has 158 valence electrons. The summed E-state index contributed by atoms with van der Waals surface area (Å²) >= 11 is 5.64. The van der Waals surface area contributed by atoms with E-state index in [4.69, 9.17) is 16.3 Å². The molecule has 7 heteroatoms. The van der Waals surface area contributed by atoms with Crippen molar-refractivity contribution in [2.24, 2.45) is 5.41 Å². The highest BCUT2D eigenvalue weighted by Gasteiger charge is 2.68. The molecule has 31 heavy (non-hydrogen) atoms. The van der Waals surface area contributed by atoms with Crippen molar-refractivity contribution >= 4 is 34.1 Å². The van der Waals surface area contributed by atoms with E-state index < -0.39 is 5.82 Å². The van der Waals surface area contributed by atoms with Crippen LogP contribution >= 0.6 is 11.6 Å². The number of Topliss-reactive ketones (excluding diaryl/α,β-unsaturated/α-hetero) is 1. The molecule has 3 aliphatic rings. The van der Waals surface area contributed by atoms with Gasteiger partial charge in [-0.05, 0) is 48.3 Å². The molecule has 0 saturated heterocycles. The van der Waals surface area contributed by atoms with Crippen molar-refractivity contribution < 1.29 is 18.7 Å². The number of hydrogen-bond donors (Lipinski definition) is 1. The van der Waals surface area contributed by atoms with Crippen LogP contribution in [0.25, 0.3) is 10.8 Å². The first kappa shape index (κ1) is 19.9. The maximum absolute atomic E-state index is 13.5. The number of carbonyl (C=O) groups excluding carboxylic acids is 2. The highest BCUT2D eigenvalue weighted by Crippen LogP contribution is 2.69. The number of aromatic nitrogens is 1. The second kappa shape index (κ2) is 7.31. The van der Waals surface area contributed by atoms with E-state index in [-0.39, 0.29) is 40.0 Å². The molecule has 3 fully saturated rings. The second-order valence-electron chi connectivity index (χ2n) is 8.76. The summed E-state index contributed by atoms with van der Waals surface area (Å²) in [6, 6.07) is 13.7. The Morgan fingerprint density at radius 2 is 1.84 bits per heavy atom. The zero-order valence-corrected chi connectivity index (χ0v) is 17.4. The molecule has 5 nitrogen and oxygen atoms in total. The van der Waals surface area contributed by atoms with Crippen molar-refractivity contribution in [1.29, 1.82) is 0 Å². The van der Waals surface area contributed by atoms with Crippen LogP contribution in [0.1, 0.15) is 36.2 Å². The zero-order chi connectivity index (χ0) is 21.6. The van der Waals surface area contributed by atoms with Crippen molar-refractivity contribution in [1.82, 2.24) is 10.3 Å². The summed E-state index contributed by atoms with van der Waals surface area (Å²) in [5, 5.41) is 5.09. The van der Waals surface area contributed by atoms with Gasteiger partial charge in [0.05, 0.1) is 5.02 Å². The lowest BCUT2D eigenvalue weighted by Crippen LogP contribution is -2.75. The molecule has 1 N–H and O–H groups in total. The average Bonchev–Trinajstić information content (AvgIpc) is 2.71. The number of carbonyl (C=O) groups is 2. The highest BCUT2D eigenvalue weighted by molar-refractivity contribution is 6.30. The summed E-state index contributed by atoms with van der Waals surface area (Å²) in [7, 11) is 0. The van der Waals surface area contributed by atoms with Gasteiger partial charge in [0.1, 0.15) is 23.9 Å². The Labute approximate surface area is 183 Å². The van der Waals surface area contributed by atoms with Crippen LogP contribution in [0.15, 0.2) is 54.7 Å². The third kappa shape index (κ3) is 3.76. The minimum Gasteiger partial charge on any atom is -0.486 e. The van der Waals surface area contributed by atoms with Crippen LogP contribution in [0.3, 0.4) is 0 Å². The molecule has 0 aliphatic heterocycles. The van der Waals surface area contributed by atoms with Gasteiger partial charge < -0.3 is 10.1 Å². The number of ether oxygens (including phenoxy) is 1. The van der Waals surface area contributed by atoms with Gasteiger partial charge in [-0.25, -0.2) is 4.39 Å². The molecule has 3 aliphatic carbocycles. The normalized spacial score (nSPS) is 23.5. The van der Waals surface area contributed by atoms with E-state index in [0.717, 1.165) is 30.0 Å². The van der Waals surface area contributed by atoms with Crippen molar-refractivity contribution in [3.8, 4) is 5.75 Å². The Morgan fingerprint density at radius 1 is 1.10 bits per heavy atom. The first-order valence-corrected chi connectivity index (χ1v) is 10.5. The Hall–Kier alpha value is -2.99. The predicted octanol–water partition coefficient (Wildman–Crippen LogP) is 4.72. The summed E-state index contributed by atoms with van der Waals surface area (Å²) in [6.07, 6.45) is 4.44. The molecule has 2 bridgehead atoms. The molecule has 1 aromatic heterocycles. The first-order chi connectivity index (χ1) is 14.9. The monoisotopic (exact) mass is 438 g/mol. The van der Waals surface area contributed by atoms with Gasteiger partial charge in [-0.3, -0.25) is 14.6 Å². The first-order valence-electron chi connectivity index (χ1n) is 10.1. The van der Waals surface area contributed by atoms with Gasteiger partial charge in [0.2, 0.25) is 0 Å². The topological polar surface area (TPSA) is 68.3 Å². The minimum absolute atomic E-state index is 0.0128. The van der Waals surface area contributed by atoms with Gasteiger partial charge in [0.25, 0.3) is 5.91 Å². The summed E-state index contributed by atoms with van der Waals surface area (Å²) < 4.78 is 18.8. The number of nitrogens with one attached hydrogen (secondary N) is 1. The van der Waals surface area contributed by atoms with Crippen molar-refractivity contribution in [3.05, 3.63) is 71.3 Å². The lowest BCUT2D eigenvalue weighted by Gasteiger charge is -2.70. The fraction of sp³-hybridized carbons (Fsp3) is 0.292. The fourth-order valence-corrected chi connectivity index (χ4v) is 5.15. The molecule has 0 radical (unpaired) electrons. The molecule has 6 rings (SSSR count). The SMILES string of the molecule is O=C(COc1ccc(Cl)c(F)c1)CC12CC(NC(=O)c3cc4ccccc4cn3)(C1)C2. The Balaban J connectivity index is 1.12. The minimum atomic E-state index is -0.579. The largest absolute Gasteiger partial charge is 0.486 e. The van der Waals surface area contributed by atoms with Crippen LogP contribution < -0.4 is 10.1 Å². The van der Waals surface area contributed by atoms with Crippen LogP contribution in [0, 0.1) is 11.2 Å². The molecule has 0 atom stereocenters. The average molecular weight is 439 g/mol. The van der Waals surface area contributed by atoms with E-state index in [0.29, 0.717) is 12.1 Å². The molecule has 3 saturated carbocycles. The third-order valence-corrected chi connectivity index (χ3v) is 6.55. The summed E-state index contributed by atoms with van der Waals surface area (Å²) in [4.78, 5) is 29.3. The molecule has 0 unspecified atom stereocenters. The molecule has 1 heterocycles. The number of hydrogen-bond acceptors (Lipinski definition) is 4. The number of halogens is 2. The number of benzene rings is 2. The van der Waals surface area contributed by atoms with Crippen molar-refractivity contribution in [2.75, 3.05) is 6.61 Å². The predicted molar refractivity (Wildman–Crippen MR) is 115 cm³/mol. The van der Waals surface area contributed by atoms with Gasteiger partial charge in [0, 0.05) is 29.6 Å². The molecule has 0 spiro atoms. The number of ketones is 1. The van der Waals surface area contributed by atoms with E-state index in [9.17, 15) is 14.0 Å². The number of rotatable bonds is 7. The van der Waals surface area contributed by atoms with E-state index >= 15 is 0 Å². The van der Waals surface area contributed by atoms with Crippen LogP contribution in [0.5, 0.6) is 5.75 Å². The Bertz CT molecular complexity index is 1190. The van der Waals surface area contributed by atoms with Gasteiger partial charge in [-0.1, -0.05) is 35.9 Å². The highest BCUT2D eigenvalue weighted by atomic mass is 35.5. The number of pyridine rings is 1. The van der Waals surface area contributed by atoms with Gasteiger partial charge in [-0.2, -0.15) is 0 Å². The molecule has 3 aromatic rings. The number of nitrogens with zero attached hydrogens (tertiary/aromatic N) is 1. The second-order valence-corrected chi connectivity index (χ2v) is 9.17. The van der Waals surface area contributed by atoms with E-state index in [1.54, 1.807) is 12.3 Å². The maximum Gasteiger partial charge on any atom is 0.270 e. The third-order valence-electron chi connectivity index (χ3n) is 6.25. The van der Waals surface area contributed by atoms with E-state index in [1.165, 1.54) is 18.2 Å². The number of fused-ring (bicyclic) bond motifs is 1. The molecule has 2 aromatic carbocycles. The van der Waals surface area contributed by atoms with Crippen LogP contribution in [0.4, 0.5) is 4.39 Å². The zero-order valence-electron chi connectivity index (χ0n) is 16.7. The van der Waals surface area contributed by atoms with E-state index in [2.05, 4.69) is 10.3 Å². The molecular weight excluding hydrogens is 419 g/mol. The Kier molecular flexibility index (Phi) is 4.70. The van der Waals surface area contributed by atoms with Crippen molar-refractivity contribution in [3.63, 3.8) is 0 Å². The lowest BCUT2D eigenvalue weighted by molar-refractivity contribution is -0.162. The van der Waals surface area contributed by atoms with Gasteiger partial charge in [-0.15, -0.1) is 0 Å². The van der Waals surface area contributed by atoms with Gasteiger partial charge in [0.15, 0.2) is 5.78 Å². The number of amides is 1. The summed E-state index contributed by atoms with van der Waals surface area (Å²) in [5.41, 5.74) is 0.109. The lowest BCUT2D eigenvalue weighted by atomic mass is 9.38. The molecule has 1 amide bonds. The van der Waals surface area contributed by atoms with Crippen LogP contribution in [0.2, 0.25) is 5.02 Å². The van der Waals surface area contributed by atoms with Crippen LogP contribution in [-0.2, 0) is 4.79 Å². The fourth-order valence-electron chi connectivity index (χ4n) is 5.03. The summed E-state index contributed by atoms with van der Waals surface area (Å²) in [6.45, 7) is -0.108. The standard InChI is InChI=1S/C24H20ClFN2O3/c25-19-6-5-18(8-20(19)26)31-11-17(29)9-23-12-24(13-23,14-23)28-22(30)21-7-15-3-1-2-4-16(15)10-27-21/h1-8,10H,9,11-14H2,(H,28,30). The quantitative estimate of drug-likeness (QED) is 0.579. The van der Waals surface area contributed by atoms with E-state index in [1.807, 2.05) is 24.3 Å². The smallest absolute Gasteiger partial charge is 0.270 e. The molecular formula is C24H20ClFN2O3. The summed E-state index contributed by atoms with van der Waals surface area (Å²) in [5.74, 6) is -0.520. The Morgan fingerprint density at radius 3 is 2.58 bits per heavy atom. The maximum atomic E-state index is 13.5.